The second kappa shape index (κ2) is 10.5. The second-order valence-electron chi connectivity index (χ2n) is 8.17. The summed E-state index contributed by atoms with van der Waals surface area (Å²) in [6.45, 7) is 4.46. The molecule has 0 aliphatic heterocycles. The number of nitrogens with zero attached hydrogens (tertiary/aromatic N) is 2. The number of aromatic nitrogens is 2. The van der Waals surface area contributed by atoms with Crippen molar-refractivity contribution >= 4 is 45.1 Å². The Morgan fingerprint density at radius 3 is 2.73 bits per heavy atom. The summed E-state index contributed by atoms with van der Waals surface area (Å²) >= 11 is 2.85. The number of carbonyl (C=O) groups is 2. The topological polar surface area (TPSA) is 93.1 Å². The van der Waals surface area contributed by atoms with Crippen LogP contribution in [0.15, 0.2) is 40.3 Å². The molecule has 9 heteroatoms. The lowest BCUT2D eigenvalue weighted by atomic mass is 10.2. The fraction of sp³-hybridized carbons (Fsp3) is 0.417. The number of unbranched alkanes of at least 4 members (excludes halogenated alkanes) is 2. The Balaban J connectivity index is 1.52. The van der Waals surface area contributed by atoms with Crippen LogP contribution in [0.2, 0.25) is 0 Å². The molecule has 0 spiro atoms. The lowest BCUT2D eigenvalue weighted by Crippen LogP contribution is -2.45. The highest BCUT2D eigenvalue weighted by Crippen LogP contribution is 2.36. The summed E-state index contributed by atoms with van der Waals surface area (Å²) in [7, 11) is 0. The number of thiophene rings is 1. The minimum absolute atomic E-state index is 0.00277. The zero-order valence-corrected chi connectivity index (χ0v) is 20.5. The maximum absolute atomic E-state index is 13.4. The molecule has 1 aliphatic carbocycles. The van der Waals surface area contributed by atoms with Crippen LogP contribution in [0.25, 0.3) is 10.2 Å². The van der Waals surface area contributed by atoms with E-state index in [1.807, 2.05) is 6.07 Å². The number of benzene rings is 1. The van der Waals surface area contributed by atoms with Crippen LogP contribution in [-0.4, -0.2) is 26.6 Å². The van der Waals surface area contributed by atoms with E-state index in [4.69, 9.17) is 4.98 Å². The van der Waals surface area contributed by atoms with E-state index in [1.54, 1.807) is 47.1 Å². The Morgan fingerprint density at radius 2 is 1.97 bits per heavy atom. The van der Waals surface area contributed by atoms with Gasteiger partial charge in [0.1, 0.15) is 4.83 Å². The SMILES string of the molecule is CCCCCn1c(S[C@@H](C)C(=O)NNC(=O)c2ccccc2)nc2sc3c(c2c1=O)CCC3. The Kier molecular flexibility index (Phi) is 7.49. The summed E-state index contributed by atoms with van der Waals surface area (Å²) in [4.78, 5) is 45.2. The van der Waals surface area contributed by atoms with E-state index in [9.17, 15) is 14.4 Å². The number of hydrazine groups is 1. The molecule has 3 aromatic rings. The molecule has 2 aromatic heterocycles. The van der Waals surface area contributed by atoms with Gasteiger partial charge in [0, 0.05) is 17.0 Å². The molecule has 2 N–H and O–H groups in total. The van der Waals surface area contributed by atoms with Crippen molar-refractivity contribution < 1.29 is 9.59 Å². The first-order valence-electron chi connectivity index (χ1n) is 11.4. The van der Waals surface area contributed by atoms with Crippen LogP contribution in [-0.2, 0) is 24.2 Å². The average Bonchev–Trinajstić information content (AvgIpc) is 3.40. The summed E-state index contributed by atoms with van der Waals surface area (Å²) < 4.78 is 1.74. The van der Waals surface area contributed by atoms with E-state index in [0.717, 1.165) is 48.7 Å². The van der Waals surface area contributed by atoms with Gasteiger partial charge in [0.15, 0.2) is 5.16 Å². The highest BCUT2D eigenvalue weighted by Gasteiger charge is 2.25. The summed E-state index contributed by atoms with van der Waals surface area (Å²) in [6, 6.07) is 8.68. The van der Waals surface area contributed by atoms with Crippen molar-refractivity contribution in [2.24, 2.45) is 0 Å². The normalized spacial score (nSPS) is 13.6. The van der Waals surface area contributed by atoms with Crippen LogP contribution in [0, 0.1) is 0 Å². The van der Waals surface area contributed by atoms with Crippen LogP contribution in [0.1, 0.15) is 60.3 Å². The zero-order chi connectivity index (χ0) is 23.4. The molecule has 1 atom stereocenters. The van der Waals surface area contributed by atoms with Gasteiger partial charge >= 0.3 is 0 Å². The molecule has 0 radical (unpaired) electrons. The largest absolute Gasteiger partial charge is 0.287 e. The van der Waals surface area contributed by atoms with Gasteiger partial charge in [-0.1, -0.05) is 49.7 Å². The molecular weight excluding hydrogens is 456 g/mol. The maximum Gasteiger partial charge on any atom is 0.269 e. The molecule has 174 valence electrons. The quantitative estimate of drug-likeness (QED) is 0.218. The van der Waals surface area contributed by atoms with Gasteiger partial charge in [-0.2, -0.15) is 0 Å². The highest BCUT2D eigenvalue weighted by molar-refractivity contribution is 8.00. The standard InChI is InChI=1S/C24H28N4O3S2/c1-3-4-8-14-28-23(31)19-17-12-9-13-18(17)33-22(19)25-24(28)32-15(2)20(29)26-27-21(30)16-10-6-5-7-11-16/h5-7,10-11,15H,3-4,8-9,12-14H2,1-2H3,(H,26,29)(H,27,30)/t15-/m0/s1. The third-order valence-corrected chi connectivity index (χ3v) is 8.04. The molecule has 0 fully saturated rings. The Bertz CT molecular complexity index is 1220. The summed E-state index contributed by atoms with van der Waals surface area (Å²) in [5, 5.41) is 0.774. The minimum atomic E-state index is -0.547. The van der Waals surface area contributed by atoms with Crippen molar-refractivity contribution in [1.29, 1.82) is 0 Å². The third kappa shape index (κ3) is 5.14. The number of aryl methyl sites for hydroxylation is 2. The number of amides is 2. The van der Waals surface area contributed by atoms with E-state index < -0.39 is 5.25 Å². The molecule has 7 nitrogen and oxygen atoms in total. The van der Waals surface area contributed by atoms with Crippen molar-refractivity contribution in [3.8, 4) is 0 Å². The van der Waals surface area contributed by atoms with E-state index >= 15 is 0 Å². The lowest BCUT2D eigenvalue weighted by molar-refractivity contribution is -0.121. The van der Waals surface area contributed by atoms with Crippen LogP contribution >= 0.6 is 23.1 Å². The predicted octanol–water partition coefficient (Wildman–Crippen LogP) is 4.08. The van der Waals surface area contributed by atoms with E-state index in [-0.39, 0.29) is 17.4 Å². The van der Waals surface area contributed by atoms with Crippen LogP contribution in [0.3, 0.4) is 0 Å². The van der Waals surface area contributed by atoms with E-state index in [1.165, 1.54) is 22.2 Å². The summed E-state index contributed by atoms with van der Waals surface area (Å²) in [5.74, 6) is -0.738. The zero-order valence-electron chi connectivity index (χ0n) is 18.8. The Labute approximate surface area is 201 Å². The van der Waals surface area contributed by atoms with Crippen LogP contribution in [0.5, 0.6) is 0 Å². The fourth-order valence-electron chi connectivity index (χ4n) is 3.96. The summed E-state index contributed by atoms with van der Waals surface area (Å²) in [6.07, 6.45) is 6.01. The summed E-state index contributed by atoms with van der Waals surface area (Å²) in [5.41, 5.74) is 6.57. The van der Waals surface area contributed by atoms with Crippen molar-refractivity contribution in [1.82, 2.24) is 20.4 Å². The van der Waals surface area contributed by atoms with Gasteiger partial charge in [0.05, 0.1) is 10.6 Å². The van der Waals surface area contributed by atoms with Crippen molar-refractivity contribution in [3.05, 3.63) is 56.7 Å². The number of carbonyl (C=O) groups excluding carboxylic acids is 2. The predicted molar refractivity (Wildman–Crippen MR) is 133 cm³/mol. The second-order valence-corrected chi connectivity index (χ2v) is 10.6. The molecule has 0 saturated heterocycles. The number of rotatable bonds is 8. The van der Waals surface area contributed by atoms with Crippen molar-refractivity contribution in [2.75, 3.05) is 0 Å². The van der Waals surface area contributed by atoms with Gasteiger partial charge in [0.25, 0.3) is 17.4 Å². The number of thioether (sulfide) groups is 1. The van der Waals surface area contributed by atoms with Crippen LogP contribution in [0.4, 0.5) is 0 Å². The van der Waals surface area contributed by atoms with Crippen molar-refractivity contribution in [3.63, 3.8) is 0 Å². The van der Waals surface area contributed by atoms with Crippen LogP contribution < -0.4 is 16.4 Å². The van der Waals surface area contributed by atoms with Gasteiger partial charge in [-0.05, 0) is 50.3 Å². The van der Waals surface area contributed by atoms with Gasteiger partial charge in [0.2, 0.25) is 0 Å². The number of fused-ring (bicyclic) bond motifs is 3. The molecule has 0 bridgehead atoms. The maximum atomic E-state index is 13.4. The Hall–Kier alpha value is -2.65. The smallest absolute Gasteiger partial charge is 0.269 e. The minimum Gasteiger partial charge on any atom is -0.287 e. The lowest BCUT2D eigenvalue weighted by Gasteiger charge is -2.16. The first-order valence-corrected chi connectivity index (χ1v) is 13.1. The van der Waals surface area contributed by atoms with Gasteiger partial charge in [-0.25, -0.2) is 4.98 Å². The number of hydrogen-bond acceptors (Lipinski definition) is 6. The first-order chi connectivity index (χ1) is 16.0. The molecule has 2 heterocycles. The average molecular weight is 485 g/mol. The van der Waals surface area contributed by atoms with Gasteiger partial charge in [-0.15, -0.1) is 11.3 Å². The number of hydrogen-bond donors (Lipinski definition) is 2. The molecular formula is C24H28N4O3S2. The third-order valence-electron chi connectivity index (χ3n) is 5.76. The molecule has 2 amide bonds. The fourth-order valence-corrected chi connectivity index (χ4v) is 6.20. The van der Waals surface area contributed by atoms with Gasteiger partial charge < -0.3 is 0 Å². The number of nitrogens with one attached hydrogen (secondary N) is 2. The molecule has 1 aromatic carbocycles. The molecule has 1 aliphatic rings. The Morgan fingerprint density at radius 1 is 1.18 bits per heavy atom. The van der Waals surface area contributed by atoms with E-state index in [2.05, 4.69) is 17.8 Å². The van der Waals surface area contributed by atoms with Gasteiger partial charge in [-0.3, -0.25) is 29.8 Å². The molecule has 0 unspecified atom stereocenters. The molecule has 4 rings (SSSR count). The molecule has 0 saturated carbocycles. The highest BCUT2D eigenvalue weighted by atomic mass is 32.2. The monoisotopic (exact) mass is 484 g/mol. The van der Waals surface area contributed by atoms with E-state index in [0.29, 0.717) is 17.3 Å². The molecule has 33 heavy (non-hydrogen) atoms. The first kappa shape index (κ1) is 23.5. The van der Waals surface area contributed by atoms with Crippen molar-refractivity contribution in [2.45, 2.75) is 69.3 Å².